The Bertz CT molecular complexity index is 215. The summed E-state index contributed by atoms with van der Waals surface area (Å²) in [6.07, 6.45) is 6.70. The smallest absolute Gasteiger partial charge is 0.438 e. The molecule has 0 aromatic carbocycles. The highest BCUT2D eigenvalue weighted by atomic mass is 16.7. The lowest BCUT2D eigenvalue weighted by Crippen LogP contribution is -2.23. The van der Waals surface area contributed by atoms with E-state index in [1.807, 2.05) is 12.2 Å². The summed E-state index contributed by atoms with van der Waals surface area (Å²) in [5.41, 5.74) is 5.79. The normalized spacial score (nSPS) is 29.9. The molecule has 0 aliphatic heterocycles. The van der Waals surface area contributed by atoms with Crippen LogP contribution in [0.3, 0.4) is 0 Å². The van der Waals surface area contributed by atoms with Crippen LogP contribution in [0, 0.1) is 0 Å². The molecule has 2 atom stereocenters. The molecular formula is C10H17NO3. The first-order chi connectivity index (χ1) is 6.72. The molecule has 1 rings (SSSR count). The molecule has 1 aliphatic carbocycles. The van der Waals surface area contributed by atoms with Crippen LogP contribution in [-0.4, -0.2) is 25.4 Å². The van der Waals surface area contributed by atoms with Crippen molar-refractivity contribution in [1.29, 1.82) is 0 Å². The van der Waals surface area contributed by atoms with Crippen LogP contribution >= 0.6 is 0 Å². The zero-order valence-electron chi connectivity index (χ0n) is 8.44. The fourth-order valence-electron chi connectivity index (χ4n) is 1.47. The van der Waals surface area contributed by atoms with Gasteiger partial charge in [-0.25, -0.2) is 4.79 Å². The maximum atomic E-state index is 10.8. The molecule has 4 heteroatoms. The van der Waals surface area contributed by atoms with Gasteiger partial charge in [-0.15, -0.1) is 0 Å². The second kappa shape index (κ2) is 5.65. The van der Waals surface area contributed by atoms with Gasteiger partial charge in [0, 0.05) is 6.04 Å². The zero-order chi connectivity index (χ0) is 10.4. The van der Waals surface area contributed by atoms with Gasteiger partial charge in [-0.2, -0.15) is 0 Å². The topological polar surface area (TPSA) is 61.5 Å². The van der Waals surface area contributed by atoms with E-state index in [-0.39, 0.29) is 12.1 Å². The molecule has 0 heterocycles. The second-order valence-electron chi connectivity index (χ2n) is 3.47. The summed E-state index contributed by atoms with van der Waals surface area (Å²) in [5, 5.41) is 0. The largest absolute Gasteiger partial charge is 0.508 e. The molecule has 14 heavy (non-hydrogen) atoms. The van der Waals surface area contributed by atoms with Crippen molar-refractivity contribution in [3.63, 3.8) is 0 Å². The third kappa shape index (κ3) is 3.79. The molecule has 0 fully saturated rings. The van der Waals surface area contributed by atoms with Crippen molar-refractivity contribution in [2.75, 3.05) is 7.11 Å². The standard InChI is InChI=1S/C10H17NO3/c1-13-10(12)14-9-6-2-4-8(11)5-3-7-9/h2,6,8-9H,3-5,7,11H2,1H3/b6-2+. The maximum absolute atomic E-state index is 10.8. The van der Waals surface area contributed by atoms with E-state index in [4.69, 9.17) is 10.5 Å². The monoisotopic (exact) mass is 199 g/mol. The predicted molar refractivity (Wildman–Crippen MR) is 52.9 cm³/mol. The van der Waals surface area contributed by atoms with E-state index < -0.39 is 6.16 Å². The molecule has 4 nitrogen and oxygen atoms in total. The fraction of sp³-hybridized carbons (Fsp3) is 0.700. The van der Waals surface area contributed by atoms with Crippen molar-refractivity contribution in [1.82, 2.24) is 0 Å². The van der Waals surface area contributed by atoms with Gasteiger partial charge in [-0.3, -0.25) is 0 Å². The van der Waals surface area contributed by atoms with E-state index in [0.29, 0.717) is 0 Å². The molecule has 2 unspecified atom stereocenters. The molecule has 0 spiro atoms. The molecule has 0 aromatic heterocycles. The van der Waals surface area contributed by atoms with Crippen molar-refractivity contribution in [3.05, 3.63) is 12.2 Å². The number of hydrogen-bond donors (Lipinski definition) is 1. The Labute approximate surface area is 84.1 Å². The SMILES string of the molecule is COC(=O)OC1/C=C/CC(N)CCC1. The number of hydrogen-bond acceptors (Lipinski definition) is 4. The summed E-state index contributed by atoms with van der Waals surface area (Å²) in [6.45, 7) is 0. The van der Waals surface area contributed by atoms with Crippen LogP contribution in [-0.2, 0) is 9.47 Å². The average Bonchev–Trinajstić information content (AvgIpc) is 2.14. The lowest BCUT2D eigenvalue weighted by Gasteiger charge is -2.17. The summed E-state index contributed by atoms with van der Waals surface area (Å²) < 4.78 is 9.45. The second-order valence-corrected chi connectivity index (χ2v) is 3.47. The predicted octanol–water partition coefficient (Wildman–Crippen LogP) is 1.60. The molecule has 2 N–H and O–H groups in total. The van der Waals surface area contributed by atoms with E-state index in [1.165, 1.54) is 7.11 Å². The highest BCUT2D eigenvalue weighted by molar-refractivity contribution is 5.60. The quantitative estimate of drug-likeness (QED) is 0.514. The van der Waals surface area contributed by atoms with Gasteiger partial charge < -0.3 is 15.2 Å². The van der Waals surface area contributed by atoms with Gasteiger partial charge in [-0.1, -0.05) is 6.08 Å². The van der Waals surface area contributed by atoms with E-state index >= 15 is 0 Å². The summed E-state index contributed by atoms with van der Waals surface area (Å²) in [4.78, 5) is 10.8. The number of ether oxygens (including phenoxy) is 2. The van der Waals surface area contributed by atoms with E-state index in [9.17, 15) is 4.79 Å². The first kappa shape index (κ1) is 11.0. The van der Waals surface area contributed by atoms with Crippen molar-refractivity contribution >= 4 is 6.16 Å². The Balaban J connectivity index is 2.41. The van der Waals surface area contributed by atoms with Crippen molar-refractivity contribution < 1.29 is 14.3 Å². The van der Waals surface area contributed by atoms with Crippen molar-refractivity contribution in [2.45, 2.75) is 37.8 Å². The van der Waals surface area contributed by atoms with E-state index in [0.717, 1.165) is 25.7 Å². The third-order valence-corrected chi connectivity index (χ3v) is 2.27. The lowest BCUT2D eigenvalue weighted by atomic mass is 10.0. The van der Waals surface area contributed by atoms with Gasteiger partial charge in [0.05, 0.1) is 7.11 Å². The zero-order valence-corrected chi connectivity index (χ0v) is 8.44. The minimum absolute atomic E-state index is 0.157. The first-order valence-electron chi connectivity index (χ1n) is 4.89. The number of methoxy groups -OCH3 is 1. The Morgan fingerprint density at radius 2 is 2.29 bits per heavy atom. The molecule has 0 radical (unpaired) electrons. The van der Waals surface area contributed by atoms with Gasteiger partial charge in [0.25, 0.3) is 0 Å². The van der Waals surface area contributed by atoms with Crippen LogP contribution in [0.2, 0.25) is 0 Å². The lowest BCUT2D eigenvalue weighted by molar-refractivity contribution is 0.0486. The van der Waals surface area contributed by atoms with Gasteiger partial charge >= 0.3 is 6.16 Å². The molecule has 1 aliphatic rings. The van der Waals surface area contributed by atoms with Crippen molar-refractivity contribution in [2.24, 2.45) is 5.73 Å². The fourth-order valence-corrected chi connectivity index (χ4v) is 1.47. The van der Waals surface area contributed by atoms with E-state index in [1.54, 1.807) is 0 Å². The molecule has 0 bridgehead atoms. The minimum Gasteiger partial charge on any atom is -0.438 e. The Kier molecular flexibility index (Phi) is 4.46. The number of rotatable bonds is 1. The summed E-state index contributed by atoms with van der Waals surface area (Å²) in [5.74, 6) is 0. The van der Waals surface area contributed by atoms with Crippen LogP contribution in [0.25, 0.3) is 0 Å². The van der Waals surface area contributed by atoms with Crippen LogP contribution < -0.4 is 5.73 Å². The number of nitrogens with two attached hydrogens (primary N) is 1. The Morgan fingerprint density at radius 1 is 1.50 bits per heavy atom. The molecule has 80 valence electrons. The number of carbonyl (C=O) groups excluding carboxylic acids is 1. The van der Waals surface area contributed by atoms with Gasteiger partial charge in [0.1, 0.15) is 6.10 Å². The summed E-state index contributed by atoms with van der Waals surface area (Å²) in [6, 6.07) is 0.241. The molecular weight excluding hydrogens is 182 g/mol. The van der Waals surface area contributed by atoms with Gasteiger partial charge in [0.2, 0.25) is 0 Å². The molecule has 0 saturated carbocycles. The summed E-state index contributed by atoms with van der Waals surface area (Å²) in [7, 11) is 1.31. The molecule has 0 amide bonds. The minimum atomic E-state index is -0.621. The third-order valence-electron chi connectivity index (χ3n) is 2.27. The van der Waals surface area contributed by atoms with E-state index in [2.05, 4.69) is 4.74 Å². The van der Waals surface area contributed by atoms with Crippen LogP contribution in [0.15, 0.2) is 12.2 Å². The highest BCUT2D eigenvalue weighted by Gasteiger charge is 2.14. The Hall–Kier alpha value is -1.03. The summed E-state index contributed by atoms with van der Waals surface area (Å²) >= 11 is 0. The molecule has 0 aromatic rings. The van der Waals surface area contributed by atoms with Crippen molar-refractivity contribution in [3.8, 4) is 0 Å². The van der Waals surface area contributed by atoms with Crippen LogP contribution in [0.5, 0.6) is 0 Å². The average molecular weight is 199 g/mol. The first-order valence-corrected chi connectivity index (χ1v) is 4.89. The Morgan fingerprint density at radius 3 is 3.00 bits per heavy atom. The van der Waals surface area contributed by atoms with Gasteiger partial charge in [0.15, 0.2) is 0 Å². The van der Waals surface area contributed by atoms with Gasteiger partial charge in [-0.05, 0) is 31.8 Å². The maximum Gasteiger partial charge on any atom is 0.508 e. The number of carbonyl (C=O) groups is 1. The van der Waals surface area contributed by atoms with Crippen LogP contribution in [0.4, 0.5) is 4.79 Å². The highest BCUT2D eigenvalue weighted by Crippen LogP contribution is 2.14. The molecule has 0 saturated heterocycles. The van der Waals surface area contributed by atoms with Crippen LogP contribution in [0.1, 0.15) is 25.7 Å².